The van der Waals surface area contributed by atoms with Crippen LogP contribution in [0.1, 0.15) is 147 Å². The van der Waals surface area contributed by atoms with Gasteiger partial charge in [-0.05, 0) is 210 Å². The molecule has 6 heterocycles. The molecule has 0 bridgehead atoms. The Morgan fingerprint density at radius 3 is 1.08 bits per heavy atom. The number of aromatic nitrogens is 6. The SMILES string of the molecule is CC(C)(C)c1cc(Oc2ccnc(-c3cc(Oc4cc(-[n+]5[c-]n(-c6cc7ccccc7cc6N6C(C)(C)CCCC6(C)C)c6ccccc65)cc(C(C)(C)C)c4)ccn3)c2)cc(-[n+]2[c-]n(-c3cc4ccccc4cc3N3C(C)(C)CCCC3(C)C)c3ccccc32)c1. The topological polar surface area (TPSA) is 68.3 Å². The summed E-state index contributed by atoms with van der Waals surface area (Å²) in [5.74, 6) is 2.68. The molecule has 0 amide bonds. The normalized spacial score (nSPS) is 16.4. The molecule has 0 N–H and O–H groups in total. The predicted molar refractivity (Wildman–Crippen MR) is 376 cm³/mol. The Balaban J connectivity index is 0.801. The molecule has 2 aliphatic rings. The van der Waals surface area contributed by atoms with E-state index < -0.39 is 0 Å². The van der Waals surface area contributed by atoms with Crippen LogP contribution in [0.3, 0.4) is 0 Å². The number of benzene rings is 8. The number of hydrogen-bond donors (Lipinski definition) is 0. The lowest BCUT2D eigenvalue weighted by Crippen LogP contribution is -2.59. The highest BCUT2D eigenvalue weighted by Crippen LogP contribution is 2.48. The van der Waals surface area contributed by atoms with Crippen molar-refractivity contribution >= 4 is 55.0 Å². The van der Waals surface area contributed by atoms with E-state index in [2.05, 4.69) is 295 Å². The third kappa shape index (κ3) is 11.1. The van der Waals surface area contributed by atoms with Crippen molar-refractivity contribution in [1.82, 2.24) is 19.1 Å². The Labute approximate surface area is 543 Å². The lowest BCUT2D eigenvalue weighted by atomic mass is 9.79. The summed E-state index contributed by atoms with van der Waals surface area (Å²) in [7, 11) is 0. The summed E-state index contributed by atoms with van der Waals surface area (Å²) in [6.45, 7) is 32.7. The minimum absolute atomic E-state index is 0.0628. The first-order valence-corrected chi connectivity index (χ1v) is 33.0. The maximum Gasteiger partial charge on any atom is 0.269 e. The zero-order valence-electron chi connectivity index (χ0n) is 56.1. The quantitative estimate of drug-likeness (QED) is 0.0949. The van der Waals surface area contributed by atoms with E-state index in [-0.39, 0.29) is 33.0 Å². The number of para-hydroxylation sites is 4. The Kier molecular flexibility index (Phi) is 14.6. The number of imidazole rings is 2. The van der Waals surface area contributed by atoms with Gasteiger partial charge in [0.1, 0.15) is 23.0 Å². The van der Waals surface area contributed by atoms with Crippen LogP contribution in [-0.4, -0.2) is 41.3 Å². The molecule has 2 aliphatic heterocycles. The molecular weight excluding hydrogens is 1130 g/mol. The minimum Gasteiger partial charge on any atom is -0.458 e. The second kappa shape index (κ2) is 22.2. The highest BCUT2D eigenvalue weighted by molar-refractivity contribution is 5.93. The van der Waals surface area contributed by atoms with E-state index in [1.54, 1.807) is 12.4 Å². The molecule has 4 aromatic heterocycles. The van der Waals surface area contributed by atoms with Crippen LogP contribution in [0.4, 0.5) is 11.4 Å². The molecule has 0 unspecified atom stereocenters. The Bertz CT molecular complexity index is 4500. The first kappa shape index (κ1) is 60.3. The zero-order chi connectivity index (χ0) is 64.3. The largest absolute Gasteiger partial charge is 0.458 e. The van der Waals surface area contributed by atoms with Crippen molar-refractivity contribution in [1.29, 1.82) is 0 Å². The number of piperidine rings is 2. The standard InChI is InChI=1S/C82H86N8O2/c1-77(2,3)59-45-61(85-53-87(71-31-21-19-29-69(71)85)73-41-55-25-15-17-27-57(55)43-75(73)89-79(7,8)35-23-36-80(89,9)10)49-65(47-59)91-63-33-39-83-67(51-63)68-52-64(34-40-84-68)92-66-48-60(78(4,5)6)46-62(50-66)86-54-88(72-32-22-20-30-70(72)86)74-42-56-26-16-18-28-58(56)44-76(74)90-81(11,12)37-24-38-82(90,13)14/h15-22,25-34,39-52H,23-24,35-38H2,1-14H3. The van der Waals surface area contributed by atoms with Crippen LogP contribution < -0.4 is 28.4 Å². The summed E-state index contributed by atoms with van der Waals surface area (Å²) in [6, 6.07) is 65.1. The molecule has 8 aromatic carbocycles. The summed E-state index contributed by atoms with van der Waals surface area (Å²) < 4.78 is 22.8. The van der Waals surface area contributed by atoms with Crippen molar-refractivity contribution < 1.29 is 18.6 Å². The van der Waals surface area contributed by atoms with Crippen LogP contribution in [0.25, 0.3) is 77.7 Å². The Hall–Kier alpha value is -9.28. The van der Waals surface area contributed by atoms with E-state index in [1.807, 2.05) is 24.3 Å². The van der Waals surface area contributed by atoms with Gasteiger partial charge in [-0.25, -0.2) is 0 Å². The molecule has 10 heteroatoms. The molecular formula is C82H86N8O2. The van der Waals surface area contributed by atoms with Crippen molar-refractivity contribution in [2.75, 3.05) is 9.80 Å². The average molecular weight is 1220 g/mol. The van der Waals surface area contributed by atoms with Crippen LogP contribution in [0, 0.1) is 12.7 Å². The van der Waals surface area contributed by atoms with E-state index in [9.17, 15) is 0 Å². The van der Waals surface area contributed by atoms with Gasteiger partial charge in [-0.2, -0.15) is 0 Å². The van der Waals surface area contributed by atoms with Gasteiger partial charge < -0.3 is 19.3 Å². The van der Waals surface area contributed by atoms with Crippen LogP contribution in [0.5, 0.6) is 23.0 Å². The molecule has 92 heavy (non-hydrogen) atoms. The maximum atomic E-state index is 6.95. The monoisotopic (exact) mass is 1210 g/mol. The molecule has 0 radical (unpaired) electrons. The highest BCUT2D eigenvalue weighted by atomic mass is 16.5. The molecule has 466 valence electrons. The fraction of sp³-hybridized carbons (Fsp3) is 0.317. The molecule has 2 saturated heterocycles. The average Bonchev–Trinajstić information content (AvgIpc) is 1.28. The van der Waals surface area contributed by atoms with Crippen molar-refractivity contribution in [3.05, 3.63) is 218 Å². The number of hydrogen-bond acceptors (Lipinski definition) is 6. The fourth-order valence-electron chi connectivity index (χ4n) is 15.2. The molecule has 12 aromatic rings. The summed E-state index contributed by atoms with van der Waals surface area (Å²) in [5.41, 5.74) is 13.6. The number of fused-ring (bicyclic) bond motifs is 4. The maximum absolute atomic E-state index is 6.95. The number of rotatable bonds is 11. The van der Waals surface area contributed by atoms with Gasteiger partial charge in [-0.3, -0.25) is 28.2 Å². The van der Waals surface area contributed by atoms with Gasteiger partial charge in [0.05, 0.1) is 67.6 Å². The van der Waals surface area contributed by atoms with Gasteiger partial charge >= 0.3 is 0 Å². The van der Waals surface area contributed by atoms with Crippen molar-refractivity contribution in [3.8, 4) is 57.1 Å². The smallest absolute Gasteiger partial charge is 0.269 e. The van der Waals surface area contributed by atoms with E-state index in [0.717, 1.165) is 81.6 Å². The van der Waals surface area contributed by atoms with Gasteiger partial charge in [0.2, 0.25) is 0 Å². The number of ether oxygens (including phenoxy) is 2. The van der Waals surface area contributed by atoms with Crippen LogP contribution in [0.2, 0.25) is 0 Å². The highest BCUT2D eigenvalue weighted by Gasteiger charge is 2.44. The summed E-state index contributed by atoms with van der Waals surface area (Å²) in [5, 5.41) is 4.83. The molecule has 0 spiro atoms. The summed E-state index contributed by atoms with van der Waals surface area (Å²) >= 11 is 0. The third-order valence-corrected chi connectivity index (χ3v) is 19.6. The summed E-state index contributed by atoms with van der Waals surface area (Å²) in [6.07, 6.45) is 18.3. The molecule has 0 saturated carbocycles. The minimum atomic E-state index is -0.204. The number of anilines is 2. The number of nitrogens with zero attached hydrogens (tertiary/aromatic N) is 8. The third-order valence-electron chi connectivity index (χ3n) is 19.6. The predicted octanol–water partition coefficient (Wildman–Crippen LogP) is 19.8. The Morgan fingerprint density at radius 1 is 0.380 bits per heavy atom. The zero-order valence-corrected chi connectivity index (χ0v) is 56.1. The summed E-state index contributed by atoms with van der Waals surface area (Å²) in [4.78, 5) is 15.1. The van der Waals surface area contributed by atoms with E-state index in [0.29, 0.717) is 34.4 Å². The van der Waals surface area contributed by atoms with Crippen LogP contribution in [-0.2, 0) is 10.8 Å². The molecule has 10 nitrogen and oxygen atoms in total. The van der Waals surface area contributed by atoms with Gasteiger partial charge in [-0.15, -0.1) is 0 Å². The lowest BCUT2D eigenvalue weighted by molar-refractivity contribution is -0.572. The van der Waals surface area contributed by atoms with Crippen LogP contribution >= 0.6 is 0 Å². The molecule has 0 aliphatic carbocycles. The van der Waals surface area contributed by atoms with Crippen molar-refractivity contribution in [2.45, 2.75) is 168 Å². The molecule has 14 rings (SSSR count). The van der Waals surface area contributed by atoms with Crippen molar-refractivity contribution in [2.24, 2.45) is 0 Å². The van der Waals surface area contributed by atoms with Gasteiger partial charge in [0.25, 0.3) is 12.7 Å². The second-order valence-corrected chi connectivity index (χ2v) is 30.4. The Morgan fingerprint density at radius 2 is 0.717 bits per heavy atom. The van der Waals surface area contributed by atoms with Crippen LogP contribution in [0.15, 0.2) is 194 Å². The van der Waals surface area contributed by atoms with E-state index in [4.69, 9.17) is 19.4 Å². The molecule has 2 fully saturated rings. The van der Waals surface area contributed by atoms with Gasteiger partial charge in [0.15, 0.2) is 0 Å². The number of pyridine rings is 2. The van der Waals surface area contributed by atoms with Crippen molar-refractivity contribution in [3.63, 3.8) is 0 Å². The molecule has 0 atom stereocenters. The lowest BCUT2D eigenvalue weighted by Gasteiger charge is -2.55. The van der Waals surface area contributed by atoms with Gasteiger partial charge in [-0.1, -0.05) is 139 Å². The van der Waals surface area contributed by atoms with Gasteiger partial charge in [0, 0.05) is 46.7 Å². The fourth-order valence-corrected chi connectivity index (χ4v) is 15.2. The second-order valence-electron chi connectivity index (χ2n) is 30.4. The van der Waals surface area contributed by atoms with E-state index >= 15 is 0 Å². The first-order valence-electron chi connectivity index (χ1n) is 33.0. The first-order chi connectivity index (χ1) is 43.8. The van der Waals surface area contributed by atoms with E-state index in [1.165, 1.54) is 45.8 Å².